The van der Waals surface area contributed by atoms with Gasteiger partial charge in [0.1, 0.15) is 0 Å². The Morgan fingerprint density at radius 3 is 1.38 bits per heavy atom. The van der Waals surface area contributed by atoms with E-state index in [1.807, 2.05) is 13.3 Å². The summed E-state index contributed by atoms with van der Waals surface area (Å²) in [6, 6.07) is 0. The Bertz CT molecular complexity index is 319. The third-order valence-electron chi connectivity index (χ3n) is 0.921. The lowest BCUT2D eigenvalue weighted by atomic mass is 11.9. The monoisotopic (exact) mass is 242 g/mol. The van der Waals surface area contributed by atoms with Crippen LogP contribution in [0.5, 0.6) is 0 Å². The molecule has 80 valence electrons. The molecule has 0 bridgehead atoms. The van der Waals surface area contributed by atoms with Crippen molar-refractivity contribution in [2.45, 2.75) is 0 Å². The van der Waals surface area contributed by atoms with E-state index in [2.05, 4.69) is 24.5 Å². The van der Waals surface area contributed by atoms with Gasteiger partial charge in [0.05, 0.1) is 7.21 Å². The maximum absolute atomic E-state index is 11.5. The minimum Gasteiger partial charge on any atom is -0.299 e. The van der Waals surface area contributed by atoms with Gasteiger partial charge in [-0.15, -0.1) is 0 Å². The van der Waals surface area contributed by atoms with Crippen molar-refractivity contribution in [3.8, 4) is 0 Å². The van der Waals surface area contributed by atoms with Gasteiger partial charge >= 0.3 is 0 Å². The van der Waals surface area contributed by atoms with Gasteiger partial charge < -0.3 is 0 Å². The first-order valence-electron chi connectivity index (χ1n) is 4.11. The van der Waals surface area contributed by atoms with Crippen molar-refractivity contribution < 1.29 is 4.57 Å². The van der Waals surface area contributed by atoms with Crippen molar-refractivity contribution >= 4 is 21.6 Å². The van der Waals surface area contributed by atoms with Crippen molar-refractivity contribution in [1.82, 2.24) is 0 Å². The van der Waals surface area contributed by atoms with Crippen LogP contribution in [0.1, 0.15) is 0 Å². The Balaban J connectivity index is 5.25. The van der Waals surface area contributed by atoms with Crippen LogP contribution in [-0.4, -0.2) is 46.7 Å². The van der Waals surface area contributed by atoms with Crippen molar-refractivity contribution in [2.24, 2.45) is 9.03 Å². The maximum Gasteiger partial charge on any atom is 0.184 e. The second kappa shape index (κ2) is 4.05. The molecule has 0 fully saturated rings. The van der Waals surface area contributed by atoms with Crippen molar-refractivity contribution in [1.29, 1.82) is 0 Å². The molecule has 0 saturated carbocycles. The van der Waals surface area contributed by atoms with E-state index < -0.39 is 21.6 Å². The third-order valence-corrected chi connectivity index (χ3v) is 8.29. The molecule has 0 saturated heterocycles. The average molecular weight is 242 g/mol. The Kier molecular flexibility index (Phi) is 4.27. The Hall–Kier alpha value is 0.690. The van der Waals surface area contributed by atoms with Gasteiger partial charge in [0.25, 0.3) is 0 Å². The minimum atomic E-state index is -2.27. The molecule has 0 amide bonds. The summed E-state index contributed by atoms with van der Waals surface area (Å²) >= 11 is 0. The molecule has 0 N–H and O–H groups in total. The quantitative estimate of drug-likeness (QED) is 0.675. The fourth-order valence-electron chi connectivity index (χ4n) is 1.20. The first-order chi connectivity index (χ1) is 5.41. The van der Waals surface area contributed by atoms with Crippen LogP contribution in [-0.2, 0) is 4.57 Å². The smallest absolute Gasteiger partial charge is 0.184 e. The predicted molar refractivity (Wildman–Crippen MR) is 67.8 cm³/mol. The molecule has 0 rings (SSSR count). The van der Waals surface area contributed by atoms with Gasteiger partial charge in [-0.3, -0.25) is 9.08 Å². The Morgan fingerprint density at radius 1 is 0.769 bits per heavy atom. The molecule has 6 heteroatoms. The number of hydrogen-bond donors (Lipinski definition) is 0. The first kappa shape index (κ1) is 13.7. The maximum atomic E-state index is 11.5. The summed E-state index contributed by atoms with van der Waals surface area (Å²) in [7, 11) is -5.09. The molecule has 3 nitrogen and oxygen atoms in total. The molecule has 0 aliphatic rings. The first-order valence-corrected chi connectivity index (χ1v) is 12.3. The topological polar surface area (TPSA) is 41.8 Å². The summed E-state index contributed by atoms with van der Waals surface area (Å²) in [6.45, 7) is 13.9. The second-order valence-electron chi connectivity index (χ2n) is 4.75. The fourth-order valence-corrected chi connectivity index (χ4v) is 11.1. The lowest BCUT2D eigenvalue weighted by Gasteiger charge is -2.16. The van der Waals surface area contributed by atoms with Crippen LogP contribution in [0.15, 0.2) is 9.03 Å². The van der Waals surface area contributed by atoms with Gasteiger partial charge in [0.15, 0.2) is 7.29 Å². The van der Waals surface area contributed by atoms with Crippen LogP contribution in [0.2, 0.25) is 0 Å². The van der Waals surface area contributed by atoms with Crippen LogP contribution >= 0.6 is 21.6 Å². The summed E-state index contributed by atoms with van der Waals surface area (Å²) < 4.78 is 20.6. The standard InChI is InChI=1S/C7H21N2OP3/c1-11(2,3)8-12(4,5)9-13(6,7)10/h1-7H3. The fraction of sp³-hybridized carbons (Fsp3) is 1.00. The number of hydrogen-bond acceptors (Lipinski definition) is 1. The SMILES string of the molecule is CP(C)(=O)N=P(C)(C)N=P(C)(C)C. The molecule has 0 aromatic carbocycles. The lowest BCUT2D eigenvalue weighted by molar-refractivity contribution is 0.584. The molecule has 0 aromatic rings. The predicted octanol–water partition coefficient (Wildman–Crippen LogP) is 3.99. The zero-order chi connectivity index (χ0) is 10.9. The minimum absolute atomic E-state index is 1.16. The second-order valence-corrected chi connectivity index (χ2v) is 15.3. The van der Waals surface area contributed by atoms with Crippen LogP contribution < -0.4 is 0 Å². The highest BCUT2D eigenvalue weighted by Crippen LogP contribution is 2.60. The van der Waals surface area contributed by atoms with E-state index in [9.17, 15) is 4.57 Å². The summed E-state index contributed by atoms with van der Waals surface area (Å²) in [5.41, 5.74) is 0. The van der Waals surface area contributed by atoms with Crippen LogP contribution in [0.25, 0.3) is 0 Å². The van der Waals surface area contributed by atoms with Crippen molar-refractivity contribution in [2.75, 3.05) is 46.7 Å². The Labute approximate surface area is 82.3 Å². The zero-order valence-electron chi connectivity index (χ0n) is 9.64. The van der Waals surface area contributed by atoms with Crippen LogP contribution in [0, 0.1) is 0 Å². The van der Waals surface area contributed by atoms with E-state index >= 15 is 0 Å². The molecule has 0 aliphatic carbocycles. The molecule has 0 spiro atoms. The average Bonchev–Trinajstić information content (AvgIpc) is 1.43. The van der Waals surface area contributed by atoms with Gasteiger partial charge in [0.2, 0.25) is 0 Å². The van der Waals surface area contributed by atoms with Crippen LogP contribution in [0.4, 0.5) is 0 Å². The largest absolute Gasteiger partial charge is 0.299 e. The summed E-state index contributed by atoms with van der Waals surface area (Å²) in [5.74, 6) is 0. The van der Waals surface area contributed by atoms with Gasteiger partial charge in [-0.05, 0) is 40.4 Å². The molecule has 0 atom stereocenters. The number of rotatable bonds is 2. The molecule has 0 unspecified atom stereocenters. The normalized spacial score (nSPS) is 14.1. The van der Waals surface area contributed by atoms with Gasteiger partial charge in [-0.25, -0.2) is 4.52 Å². The van der Waals surface area contributed by atoms with Crippen LogP contribution in [0.3, 0.4) is 0 Å². The van der Waals surface area contributed by atoms with Gasteiger partial charge in [-0.2, -0.15) is 0 Å². The molecular weight excluding hydrogens is 221 g/mol. The molecular formula is C7H21N2OP3. The zero-order valence-corrected chi connectivity index (χ0v) is 12.3. The lowest BCUT2D eigenvalue weighted by Crippen LogP contribution is -1.76. The molecule has 0 aliphatic heterocycles. The highest BCUT2D eigenvalue weighted by molar-refractivity contribution is 7.79. The molecule has 0 aromatic heterocycles. The van der Waals surface area contributed by atoms with Crippen molar-refractivity contribution in [3.63, 3.8) is 0 Å². The van der Waals surface area contributed by atoms with E-state index in [0.29, 0.717) is 0 Å². The van der Waals surface area contributed by atoms with Crippen molar-refractivity contribution in [3.05, 3.63) is 0 Å². The van der Waals surface area contributed by atoms with E-state index in [-0.39, 0.29) is 0 Å². The van der Waals surface area contributed by atoms with E-state index in [4.69, 9.17) is 4.52 Å². The molecule has 0 radical (unpaired) electrons. The number of nitrogens with zero attached hydrogens (tertiary/aromatic N) is 2. The summed E-state index contributed by atoms with van der Waals surface area (Å²) in [5, 5.41) is 0. The highest BCUT2D eigenvalue weighted by Gasteiger charge is 2.11. The Morgan fingerprint density at radius 2 is 1.15 bits per heavy atom. The van der Waals surface area contributed by atoms with E-state index in [0.717, 1.165) is 0 Å². The summed E-state index contributed by atoms with van der Waals surface area (Å²) in [4.78, 5) is 0. The van der Waals surface area contributed by atoms with E-state index in [1.165, 1.54) is 0 Å². The van der Waals surface area contributed by atoms with Gasteiger partial charge in [-0.1, -0.05) is 0 Å². The highest BCUT2D eigenvalue weighted by atomic mass is 31.2. The summed E-state index contributed by atoms with van der Waals surface area (Å²) in [6.07, 6.45) is 0. The van der Waals surface area contributed by atoms with Gasteiger partial charge in [0, 0.05) is 13.3 Å². The molecule has 0 heterocycles. The van der Waals surface area contributed by atoms with E-state index in [1.54, 1.807) is 13.3 Å². The third kappa shape index (κ3) is 9.01. The molecule has 13 heavy (non-hydrogen) atoms.